The summed E-state index contributed by atoms with van der Waals surface area (Å²) < 4.78 is 13.1. The standard InChI is InChI=1S/C15H18FN3O2/c16-13-3-1-2-12(10-13)14(20)11-15(21)19-8-6-18(5-4-17)7-9-19/h1-3,10,14,20H,5-9,11H2. The van der Waals surface area contributed by atoms with Gasteiger partial charge in [0.15, 0.2) is 0 Å². The van der Waals surface area contributed by atoms with E-state index in [0.29, 0.717) is 38.3 Å². The molecule has 1 unspecified atom stereocenters. The minimum Gasteiger partial charge on any atom is -0.388 e. The minimum absolute atomic E-state index is 0.0539. The Hall–Kier alpha value is -1.97. The topological polar surface area (TPSA) is 67.6 Å². The molecule has 1 fully saturated rings. The first-order chi connectivity index (χ1) is 10.1. The van der Waals surface area contributed by atoms with E-state index in [0.717, 1.165) is 0 Å². The van der Waals surface area contributed by atoms with Crippen molar-refractivity contribution >= 4 is 5.91 Å². The van der Waals surface area contributed by atoms with E-state index in [1.54, 1.807) is 11.0 Å². The van der Waals surface area contributed by atoms with Crippen LogP contribution in [0.4, 0.5) is 4.39 Å². The Bertz CT molecular complexity index is 536. The molecule has 2 rings (SSSR count). The van der Waals surface area contributed by atoms with Gasteiger partial charge in [0.1, 0.15) is 5.82 Å². The van der Waals surface area contributed by atoms with Gasteiger partial charge in [0.05, 0.1) is 25.1 Å². The third-order valence-electron chi connectivity index (χ3n) is 3.62. The van der Waals surface area contributed by atoms with E-state index in [2.05, 4.69) is 6.07 Å². The average molecular weight is 291 g/mol. The lowest BCUT2D eigenvalue weighted by atomic mass is 10.1. The van der Waals surface area contributed by atoms with Crippen molar-refractivity contribution in [3.63, 3.8) is 0 Å². The minimum atomic E-state index is -0.995. The van der Waals surface area contributed by atoms with Crippen molar-refractivity contribution < 1.29 is 14.3 Å². The fourth-order valence-corrected chi connectivity index (χ4v) is 2.38. The number of aliphatic hydroxyl groups excluding tert-OH is 1. The van der Waals surface area contributed by atoms with Gasteiger partial charge in [-0.15, -0.1) is 0 Å². The Morgan fingerprint density at radius 2 is 2.10 bits per heavy atom. The number of nitrogens with zero attached hydrogens (tertiary/aromatic N) is 3. The first-order valence-electron chi connectivity index (χ1n) is 6.91. The third kappa shape index (κ3) is 4.25. The van der Waals surface area contributed by atoms with Gasteiger partial charge < -0.3 is 10.0 Å². The summed E-state index contributed by atoms with van der Waals surface area (Å²) in [5.41, 5.74) is 0.409. The number of carbonyl (C=O) groups is 1. The molecule has 0 saturated carbocycles. The van der Waals surface area contributed by atoms with E-state index in [9.17, 15) is 14.3 Å². The smallest absolute Gasteiger partial charge is 0.225 e. The molecular weight excluding hydrogens is 273 g/mol. The normalized spacial score (nSPS) is 17.3. The molecule has 112 valence electrons. The highest BCUT2D eigenvalue weighted by Crippen LogP contribution is 2.19. The van der Waals surface area contributed by atoms with Gasteiger partial charge in [-0.25, -0.2) is 4.39 Å². The molecule has 1 aromatic carbocycles. The summed E-state index contributed by atoms with van der Waals surface area (Å²) in [6.07, 6.45) is -1.05. The molecule has 1 aliphatic heterocycles. The van der Waals surface area contributed by atoms with Crippen molar-refractivity contribution in [2.24, 2.45) is 0 Å². The molecule has 1 N–H and O–H groups in total. The van der Waals surface area contributed by atoms with Crippen molar-refractivity contribution in [3.05, 3.63) is 35.6 Å². The highest BCUT2D eigenvalue weighted by molar-refractivity contribution is 5.77. The SMILES string of the molecule is N#CCN1CCN(C(=O)CC(O)c2cccc(F)c2)CC1. The number of nitriles is 1. The van der Waals surface area contributed by atoms with Crippen LogP contribution in [0.5, 0.6) is 0 Å². The molecule has 0 aromatic heterocycles. The lowest BCUT2D eigenvalue weighted by Crippen LogP contribution is -2.48. The fourth-order valence-electron chi connectivity index (χ4n) is 2.38. The van der Waals surface area contributed by atoms with Crippen LogP contribution in [-0.4, -0.2) is 53.5 Å². The van der Waals surface area contributed by atoms with Gasteiger partial charge in [0, 0.05) is 26.2 Å². The molecular formula is C15H18FN3O2. The summed E-state index contributed by atoms with van der Waals surface area (Å²) in [5, 5.41) is 18.6. The maximum atomic E-state index is 13.1. The van der Waals surface area contributed by atoms with Crippen LogP contribution in [0.3, 0.4) is 0 Å². The number of piperazine rings is 1. The first kappa shape index (κ1) is 15.4. The molecule has 1 atom stereocenters. The fraction of sp³-hybridized carbons (Fsp3) is 0.467. The molecule has 6 heteroatoms. The summed E-state index contributed by atoms with van der Waals surface area (Å²) in [5.74, 6) is -0.576. The van der Waals surface area contributed by atoms with Crippen molar-refractivity contribution in [1.29, 1.82) is 5.26 Å². The highest BCUT2D eigenvalue weighted by Gasteiger charge is 2.23. The summed E-state index contributed by atoms with van der Waals surface area (Å²) in [7, 11) is 0. The van der Waals surface area contributed by atoms with E-state index < -0.39 is 11.9 Å². The lowest BCUT2D eigenvalue weighted by Gasteiger charge is -2.33. The molecule has 21 heavy (non-hydrogen) atoms. The van der Waals surface area contributed by atoms with E-state index in [1.165, 1.54) is 18.2 Å². The van der Waals surface area contributed by atoms with Gasteiger partial charge in [-0.05, 0) is 17.7 Å². The van der Waals surface area contributed by atoms with Gasteiger partial charge in [-0.3, -0.25) is 9.69 Å². The number of aliphatic hydroxyl groups is 1. The van der Waals surface area contributed by atoms with Gasteiger partial charge in [-0.2, -0.15) is 5.26 Å². The Kier molecular flexibility index (Phi) is 5.26. The van der Waals surface area contributed by atoms with Crippen LogP contribution in [0.1, 0.15) is 18.1 Å². The summed E-state index contributed by atoms with van der Waals surface area (Å²) >= 11 is 0. The zero-order valence-corrected chi connectivity index (χ0v) is 11.7. The monoisotopic (exact) mass is 291 g/mol. The largest absolute Gasteiger partial charge is 0.388 e. The number of halogens is 1. The zero-order valence-electron chi connectivity index (χ0n) is 11.7. The van der Waals surface area contributed by atoms with E-state index in [4.69, 9.17) is 5.26 Å². The van der Waals surface area contributed by atoms with Crippen LogP contribution in [-0.2, 0) is 4.79 Å². The number of benzene rings is 1. The maximum Gasteiger partial charge on any atom is 0.225 e. The molecule has 0 bridgehead atoms. The van der Waals surface area contributed by atoms with E-state index in [-0.39, 0.29) is 12.3 Å². The lowest BCUT2D eigenvalue weighted by molar-refractivity contribution is -0.135. The van der Waals surface area contributed by atoms with Crippen molar-refractivity contribution in [3.8, 4) is 6.07 Å². The molecule has 0 radical (unpaired) electrons. The summed E-state index contributed by atoms with van der Waals surface area (Å²) in [4.78, 5) is 15.8. The second-order valence-electron chi connectivity index (χ2n) is 5.09. The van der Waals surface area contributed by atoms with Gasteiger partial charge in [0.2, 0.25) is 5.91 Å². The second kappa shape index (κ2) is 7.16. The Morgan fingerprint density at radius 3 is 2.71 bits per heavy atom. The van der Waals surface area contributed by atoms with Crippen LogP contribution < -0.4 is 0 Å². The van der Waals surface area contributed by atoms with Crippen LogP contribution in [0.25, 0.3) is 0 Å². The Balaban J connectivity index is 1.86. The highest BCUT2D eigenvalue weighted by atomic mass is 19.1. The predicted molar refractivity (Wildman–Crippen MR) is 74.6 cm³/mol. The molecule has 1 aromatic rings. The number of hydrogen-bond acceptors (Lipinski definition) is 4. The second-order valence-corrected chi connectivity index (χ2v) is 5.09. The Labute approximate surface area is 123 Å². The predicted octanol–water partition coefficient (Wildman–Crippen LogP) is 0.917. The molecule has 1 saturated heterocycles. The van der Waals surface area contributed by atoms with Crippen molar-refractivity contribution in [2.75, 3.05) is 32.7 Å². The average Bonchev–Trinajstić information content (AvgIpc) is 2.48. The van der Waals surface area contributed by atoms with E-state index >= 15 is 0 Å². The van der Waals surface area contributed by atoms with Crippen molar-refractivity contribution in [1.82, 2.24) is 9.80 Å². The number of hydrogen-bond donors (Lipinski definition) is 1. The number of carbonyl (C=O) groups excluding carboxylic acids is 1. The van der Waals surface area contributed by atoms with E-state index in [1.807, 2.05) is 4.90 Å². The molecule has 0 spiro atoms. The van der Waals surface area contributed by atoms with Crippen LogP contribution >= 0.6 is 0 Å². The van der Waals surface area contributed by atoms with Gasteiger partial charge in [0.25, 0.3) is 0 Å². The summed E-state index contributed by atoms with van der Waals surface area (Å²) in [6, 6.07) is 7.74. The number of amides is 1. The molecule has 1 amide bonds. The molecule has 1 heterocycles. The number of rotatable bonds is 4. The van der Waals surface area contributed by atoms with Crippen LogP contribution in [0.15, 0.2) is 24.3 Å². The maximum absolute atomic E-state index is 13.1. The quantitative estimate of drug-likeness (QED) is 0.838. The summed E-state index contributed by atoms with van der Waals surface area (Å²) in [6.45, 7) is 2.80. The molecule has 0 aliphatic carbocycles. The third-order valence-corrected chi connectivity index (χ3v) is 3.62. The first-order valence-corrected chi connectivity index (χ1v) is 6.91. The zero-order chi connectivity index (χ0) is 15.2. The van der Waals surface area contributed by atoms with Gasteiger partial charge in [-0.1, -0.05) is 12.1 Å². The molecule has 5 nitrogen and oxygen atoms in total. The molecule has 1 aliphatic rings. The van der Waals surface area contributed by atoms with Gasteiger partial charge >= 0.3 is 0 Å². The Morgan fingerprint density at radius 1 is 1.38 bits per heavy atom. The van der Waals surface area contributed by atoms with Crippen molar-refractivity contribution in [2.45, 2.75) is 12.5 Å². The van der Waals surface area contributed by atoms with Crippen LogP contribution in [0.2, 0.25) is 0 Å². The van der Waals surface area contributed by atoms with Crippen LogP contribution in [0, 0.1) is 17.1 Å².